The van der Waals surface area contributed by atoms with Gasteiger partial charge in [-0.1, -0.05) is 27.7 Å². The molecule has 4 nitrogen and oxygen atoms in total. The Bertz CT molecular complexity index is 489. The number of carboxylic acids is 1. The van der Waals surface area contributed by atoms with E-state index in [1.807, 2.05) is 13.8 Å². The molecule has 1 aromatic heterocycles. The number of rotatable bonds is 3. The molecule has 2 rings (SSSR count). The summed E-state index contributed by atoms with van der Waals surface area (Å²) < 4.78 is 0. The van der Waals surface area contributed by atoms with Crippen LogP contribution in [0.2, 0.25) is 0 Å². The van der Waals surface area contributed by atoms with Crippen molar-refractivity contribution < 1.29 is 9.90 Å². The average molecular weight is 276 g/mol. The third kappa shape index (κ3) is 3.30. The molecule has 1 fully saturated rings. The number of aromatic nitrogens is 1. The van der Waals surface area contributed by atoms with Crippen molar-refractivity contribution in [1.29, 1.82) is 0 Å². The number of aromatic carboxylic acids is 1. The van der Waals surface area contributed by atoms with E-state index in [0.717, 1.165) is 24.6 Å². The molecule has 0 radical (unpaired) electrons. The first-order valence-electron chi connectivity index (χ1n) is 7.37. The molecule has 110 valence electrons. The smallest absolute Gasteiger partial charge is 0.335 e. The highest BCUT2D eigenvalue weighted by Crippen LogP contribution is 2.27. The van der Waals surface area contributed by atoms with Crippen LogP contribution >= 0.6 is 0 Å². The van der Waals surface area contributed by atoms with Gasteiger partial charge in [-0.15, -0.1) is 0 Å². The number of anilines is 1. The minimum Gasteiger partial charge on any atom is -0.478 e. The Kier molecular flexibility index (Phi) is 4.31. The molecule has 1 aliphatic heterocycles. The molecule has 1 N–H and O–H groups in total. The summed E-state index contributed by atoms with van der Waals surface area (Å²) in [6, 6.07) is 3.40. The number of piperidine rings is 1. The lowest BCUT2D eigenvalue weighted by Gasteiger charge is -2.36. The van der Waals surface area contributed by atoms with Gasteiger partial charge in [-0.2, -0.15) is 0 Å². The van der Waals surface area contributed by atoms with Gasteiger partial charge >= 0.3 is 5.97 Å². The molecular formula is C16H24N2O2. The van der Waals surface area contributed by atoms with Crippen LogP contribution in [0.25, 0.3) is 0 Å². The SMILES string of the molecule is CC1CC(C)CN(c2cc(C(=O)O)cc(C(C)C)n2)C1. The van der Waals surface area contributed by atoms with E-state index in [2.05, 4.69) is 23.7 Å². The summed E-state index contributed by atoms with van der Waals surface area (Å²) >= 11 is 0. The normalized spacial score (nSPS) is 23.1. The van der Waals surface area contributed by atoms with Crippen LogP contribution in [-0.2, 0) is 0 Å². The molecule has 0 aromatic carbocycles. The first-order valence-corrected chi connectivity index (χ1v) is 7.37. The first-order chi connectivity index (χ1) is 9.36. The Labute approximate surface area is 120 Å². The maximum absolute atomic E-state index is 11.3. The van der Waals surface area contributed by atoms with Gasteiger partial charge in [0.05, 0.1) is 5.56 Å². The molecule has 2 heterocycles. The minimum absolute atomic E-state index is 0.229. The molecule has 2 unspecified atom stereocenters. The number of carbonyl (C=O) groups is 1. The van der Waals surface area contributed by atoms with Crippen LogP contribution in [-0.4, -0.2) is 29.1 Å². The summed E-state index contributed by atoms with van der Waals surface area (Å²) in [5, 5.41) is 9.27. The van der Waals surface area contributed by atoms with Gasteiger partial charge in [0.15, 0.2) is 0 Å². The van der Waals surface area contributed by atoms with E-state index in [1.165, 1.54) is 6.42 Å². The van der Waals surface area contributed by atoms with E-state index in [-0.39, 0.29) is 5.92 Å². The molecule has 0 aliphatic carbocycles. The van der Waals surface area contributed by atoms with Crippen molar-refractivity contribution in [2.75, 3.05) is 18.0 Å². The Morgan fingerprint density at radius 1 is 1.30 bits per heavy atom. The van der Waals surface area contributed by atoms with Crippen LogP contribution in [0.3, 0.4) is 0 Å². The molecule has 4 heteroatoms. The quantitative estimate of drug-likeness (QED) is 0.919. The number of hydrogen-bond donors (Lipinski definition) is 1. The van der Waals surface area contributed by atoms with Crippen molar-refractivity contribution in [3.05, 3.63) is 23.4 Å². The summed E-state index contributed by atoms with van der Waals surface area (Å²) in [7, 11) is 0. The molecule has 2 atom stereocenters. The lowest BCUT2D eigenvalue weighted by molar-refractivity contribution is 0.0696. The fourth-order valence-corrected chi connectivity index (χ4v) is 2.97. The third-order valence-corrected chi connectivity index (χ3v) is 3.86. The van der Waals surface area contributed by atoms with Crippen LogP contribution in [0.15, 0.2) is 12.1 Å². The van der Waals surface area contributed by atoms with E-state index < -0.39 is 5.97 Å². The topological polar surface area (TPSA) is 53.4 Å². The van der Waals surface area contributed by atoms with E-state index in [4.69, 9.17) is 0 Å². The standard InChI is InChI=1S/C16H24N2O2/c1-10(2)14-6-13(16(19)20)7-15(17-14)18-8-11(3)5-12(4)9-18/h6-7,10-12H,5,8-9H2,1-4H3,(H,19,20). The fourth-order valence-electron chi connectivity index (χ4n) is 2.97. The Morgan fingerprint density at radius 3 is 2.40 bits per heavy atom. The molecule has 0 bridgehead atoms. The van der Waals surface area contributed by atoms with Gasteiger partial charge in [0.25, 0.3) is 0 Å². The molecule has 0 saturated carbocycles. The lowest BCUT2D eigenvalue weighted by Crippen LogP contribution is -2.39. The van der Waals surface area contributed by atoms with E-state index in [9.17, 15) is 9.90 Å². The van der Waals surface area contributed by atoms with Gasteiger partial charge in [-0.25, -0.2) is 9.78 Å². The summed E-state index contributed by atoms with van der Waals surface area (Å²) in [5.41, 5.74) is 1.19. The predicted molar refractivity (Wildman–Crippen MR) is 80.4 cm³/mol. The first kappa shape index (κ1) is 14.8. The van der Waals surface area contributed by atoms with E-state index >= 15 is 0 Å². The molecule has 1 aromatic rings. The average Bonchev–Trinajstić information content (AvgIpc) is 2.36. The van der Waals surface area contributed by atoms with Crippen LogP contribution in [0.5, 0.6) is 0 Å². The van der Waals surface area contributed by atoms with E-state index in [1.54, 1.807) is 12.1 Å². The summed E-state index contributed by atoms with van der Waals surface area (Å²) in [6.45, 7) is 10.5. The van der Waals surface area contributed by atoms with Crippen LogP contribution in [0.1, 0.15) is 56.1 Å². The number of hydrogen-bond acceptors (Lipinski definition) is 3. The van der Waals surface area contributed by atoms with Crippen LogP contribution in [0, 0.1) is 11.8 Å². The summed E-state index contributed by atoms with van der Waals surface area (Å²) in [4.78, 5) is 18.2. The Morgan fingerprint density at radius 2 is 1.90 bits per heavy atom. The van der Waals surface area contributed by atoms with Gasteiger partial charge in [0.2, 0.25) is 0 Å². The number of pyridine rings is 1. The second-order valence-electron chi connectivity index (χ2n) is 6.45. The zero-order valence-corrected chi connectivity index (χ0v) is 12.8. The van der Waals surface area contributed by atoms with Gasteiger partial charge < -0.3 is 10.0 Å². The van der Waals surface area contributed by atoms with Crippen LogP contribution < -0.4 is 4.90 Å². The molecule has 1 aliphatic rings. The highest BCUT2D eigenvalue weighted by Gasteiger charge is 2.24. The van der Waals surface area contributed by atoms with Gasteiger partial charge in [-0.05, 0) is 36.3 Å². The summed E-state index contributed by atoms with van der Waals surface area (Å²) in [5.74, 6) is 1.40. The van der Waals surface area contributed by atoms with Gasteiger partial charge in [0.1, 0.15) is 5.82 Å². The maximum Gasteiger partial charge on any atom is 0.335 e. The van der Waals surface area contributed by atoms with Crippen molar-refractivity contribution in [2.45, 2.75) is 40.0 Å². The Balaban J connectivity index is 2.37. The maximum atomic E-state index is 11.3. The zero-order valence-electron chi connectivity index (χ0n) is 12.8. The van der Waals surface area contributed by atoms with Crippen molar-refractivity contribution in [3.8, 4) is 0 Å². The summed E-state index contributed by atoms with van der Waals surface area (Å²) in [6.07, 6.45) is 1.23. The number of carboxylic acid groups (broad SMARTS) is 1. The zero-order chi connectivity index (χ0) is 14.9. The molecule has 0 amide bonds. The molecular weight excluding hydrogens is 252 g/mol. The molecule has 1 saturated heterocycles. The van der Waals surface area contributed by atoms with Crippen molar-refractivity contribution in [2.24, 2.45) is 11.8 Å². The number of nitrogens with zero attached hydrogens (tertiary/aromatic N) is 2. The highest BCUT2D eigenvalue weighted by atomic mass is 16.4. The fraction of sp³-hybridized carbons (Fsp3) is 0.625. The van der Waals surface area contributed by atoms with Gasteiger partial charge in [-0.3, -0.25) is 0 Å². The highest BCUT2D eigenvalue weighted by molar-refractivity contribution is 5.88. The second kappa shape index (κ2) is 5.81. The third-order valence-electron chi connectivity index (χ3n) is 3.86. The second-order valence-corrected chi connectivity index (χ2v) is 6.45. The van der Waals surface area contributed by atoms with Gasteiger partial charge in [0, 0.05) is 18.8 Å². The predicted octanol–water partition coefficient (Wildman–Crippen LogP) is 3.39. The monoisotopic (exact) mass is 276 g/mol. The van der Waals surface area contributed by atoms with Crippen molar-refractivity contribution in [3.63, 3.8) is 0 Å². The largest absolute Gasteiger partial charge is 0.478 e. The van der Waals surface area contributed by atoms with Crippen LogP contribution in [0.4, 0.5) is 5.82 Å². The molecule has 0 spiro atoms. The van der Waals surface area contributed by atoms with Crippen molar-refractivity contribution >= 4 is 11.8 Å². The Hall–Kier alpha value is -1.58. The lowest BCUT2D eigenvalue weighted by atomic mass is 9.92. The minimum atomic E-state index is -0.881. The van der Waals surface area contributed by atoms with Crippen molar-refractivity contribution in [1.82, 2.24) is 4.98 Å². The molecule has 20 heavy (non-hydrogen) atoms. The van der Waals surface area contributed by atoms with E-state index in [0.29, 0.717) is 17.4 Å².